The predicted octanol–water partition coefficient (Wildman–Crippen LogP) is 3.65. The van der Waals surface area contributed by atoms with Crippen molar-refractivity contribution in [3.05, 3.63) is 35.4 Å². The lowest BCUT2D eigenvalue weighted by molar-refractivity contribution is -0.131. The molecular weight excluding hydrogens is 412 g/mol. The molecule has 3 rings (SSSR count). The summed E-state index contributed by atoms with van der Waals surface area (Å²) in [6.07, 6.45) is 1.31. The summed E-state index contributed by atoms with van der Waals surface area (Å²) in [4.78, 5) is 23.5. The molecule has 0 saturated heterocycles. The number of benzene rings is 2. The first-order chi connectivity index (χ1) is 14.4. The van der Waals surface area contributed by atoms with Crippen molar-refractivity contribution in [3.8, 4) is 34.1 Å². The van der Waals surface area contributed by atoms with Crippen molar-refractivity contribution in [2.45, 2.75) is 25.8 Å². The second-order valence-electron chi connectivity index (χ2n) is 6.83. The number of methoxy groups -OCH3 is 3. The SMILES string of the molecule is COc1cc2c(c(OC)c1OC)-c1ccc(O[14C](=O)CCl)cc1[C@@H](NC(C)=O)CC2. The molecule has 2 aromatic carbocycles. The summed E-state index contributed by atoms with van der Waals surface area (Å²) in [5.41, 5.74) is 3.52. The largest absolute Gasteiger partial charge is 0.493 e. The van der Waals surface area contributed by atoms with Crippen LogP contribution in [0.5, 0.6) is 23.0 Å². The predicted molar refractivity (Wildman–Crippen MR) is 113 cm³/mol. The van der Waals surface area contributed by atoms with Gasteiger partial charge in [-0.1, -0.05) is 6.07 Å². The molecule has 1 aliphatic rings. The third kappa shape index (κ3) is 4.16. The number of ether oxygens (including phenoxy) is 4. The van der Waals surface area contributed by atoms with Crippen LogP contribution >= 0.6 is 11.6 Å². The zero-order valence-electron chi connectivity index (χ0n) is 17.3. The molecule has 0 spiro atoms. The molecule has 7 nitrogen and oxygen atoms in total. The molecule has 1 atom stereocenters. The number of halogens is 1. The second kappa shape index (κ2) is 9.26. The lowest BCUT2D eigenvalue weighted by atomic mass is 9.93. The molecule has 1 amide bonds. The summed E-state index contributed by atoms with van der Waals surface area (Å²) in [6, 6.07) is 6.95. The number of hydrogen-bond acceptors (Lipinski definition) is 6. The maximum absolute atomic E-state index is 11.9. The number of esters is 1. The number of hydrogen-bond donors (Lipinski definition) is 1. The minimum Gasteiger partial charge on any atom is -0.493 e. The van der Waals surface area contributed by atoms with Crippen molar-refractivity contribution in [1.29, 1.82) is 0 Å². The Kier molecular flexibility index (Phi) is 6.72. The van der Waals surface area contributed by atoms with Crippen molar-refractivity contribution >= 4 is 23.5 Å². The van der Waals surface area contributed by atoms with Crippen LogP contribution in [0.3, 0.4) is 0 Å². The van der Waals surface area contributed by atoms with Crippen LogP contribution in [0, 0.1) is 0 Å². The third-order valence-electron chi connectivity index (χ3n) is 5.00. The lowest BCUT2D eigenvalue weighted by Gasteiger charge is -2.21. The highest BCUT2D eigenvalue weighted by molar-refractivity contribution is 6.26. The summed E-state index contributed by atoms with van der Waals surface area (Å²) >= 11 is 5.56. The van der Waals surface area contributed by atoms with Gasteiger partial charge in [0.05, 0.1) is 27.4 Å². The van der Waals surface area contributed by atoms with Gasteiger partial charge in [-0.2, -0.15) is 0 Å². The molecule has 0 saturated carbocycles. The zero-order chi connectivity index (χ0) is 21.8. The van der Waals surface area contributed by atoms with Crippen molar-refractivity contribution in [2.75, 3.05) is 27.2 Å². The first kappa shape index (κ1) is 21.8. The van der Waals surface area contributed by atoms with E-state index in [0.29, 0.717) is 35.8 Å². The fourth-order valence-electron chi connectivity index (χ4n) is 3.83. The van der Waals surface area contributed by atoms with E-state index in [0.717, 1.165) is 22.3 Å². The van der Waals surface area contributed by atoms with Crippen LogP contribution in [0.25, 0.3) is 11.1 Å². The molecule has 0 aromatic heterocycles. The Balaban J connectivity index is 2.25. The average Bonchev–Trinajstić information content (AvgIpc) is 2.88. The van der Waals surface area contributed by atoms with Crippen LogP contribution < -0.4 is 24.3 Å². The Bertz CT molecular complexity index is 975. The van der Waals surface area contributed by atoms with Gasteiger partial charge in [0, 0.05) is 12.5 Å². The number of aryl methyl sites for hydroxylation is 1. The minimum absolute atomic E-state index is 0.151. The fourth-order valence-corrected chi connectivity index (χ4v) is 3.88. The van der Waals surface area contributed by atoms with E-state index in [-0.39, 0.29) is 17.8 Å². The number of rotatable bonds is 6. The molecule has 1 N–H and O–H groups in total. The number of fused-ring (bicyclic) bond motifs is 3. The maximum Gasteiger partial charge on any atom is 0.326 e. The van der Waals surface area contributed by atoms with Crippen molar-refractivity contribution < 1.29 is 28.5 Å². The summed E-state index contributed by atoms with van der Waals surface area (Å²) in [6.45, 7) is 1.47. The van der Waals surface area contributed by atoms with E-state index in [2.05, 4.69) is 5.32 Å². The van der Waals surface area contributed by atoms with E-state index in [1.807, 2.05) is 12.1 Å². The number of carbonyl (C=O) groups excluding carboxylic acids is 2. The standard InChI is InChI=1S/C22H24ClNO6/c1-12(25)24-17-8-5-13-9-18(27-2)21(28-3)22(29-4)20(13)15-7-6-14(10-16(15)17)30-19(26)11-23/h6-7,9-10,17H,5,8,11H2,1-4H3,(H,24,25)/t17-/m0/s1/i19+2. The van der Waals surface area contributed by atoms with Gasteiger partial charge >= 0.3 is 5.97 Å². The summed E-state index contributed by atoms with van der Waals surface area (Å²) < 4.78 is 22.1. The normalized spacial score (nSPS) is 14.6. The molecule has 0 unspecified atom stereocenters. The van der Waals surface area contributed by atoms with Crippen molar-refractivity contribution in [1.82, 2.24) is 5.32 Å². The smallest absolute Gasteiger partial charge is 0.326 e. The maximum atomic E-state index is 11.9. The first-order valence-corrected chi connectivity index (χ1v) is 9.96. The Labute approximate surface area is 180 Å². The molecule has 0 radical (unpaired) electrons. The molecular formula is C22H24ClNO6. The Morgan fingerprint density at radius 2 is 1.90 bits per heavy atom. The number of carbonyl (C=O) groups is 2. The van der Waals surface area contributed by atoms with Crippen LogP contribution in [-0.2, 0) is 16.0 Å². The number of amides is 1. The Hall–Kier alpha value is -2.93. The molecule has 8 heteroatoms. The van der Waals surface area contributed by atoms with Gasteiger partial charge in [0.15, 0.2) is 11.5 Å². The first-order valence-electron chi connectivity index (χ1n) is 9.43. The highest BCUT2D eigenvalue weighted by atomic mass is 35.5. The number of nitrogens with one attached hydrogen (secondary N) is 1. The van der Waals surface area contributed by atoms with Gasteiger partial charge in [-0.25, -0.2) is 0 Å². The van der Waals surface area contributed by atoms with Crippen LogP contribution in [0.1, 0.15) is 30.5 Å². The quantitative estimate of drug-likeness (QED) is 0.423. The molecule has 0 bridgehead atoms. The van der Waals surface area contributed by atoms with Crippen LogP contribution in [-0.4, -0.2) is 39.1 Å². The Morgan fingerprint density at radius 3 is 2.50 bits per heavy atom. The minimum atomic E-state index is -0.550. The van der Waals surface area contributed by atoms with Crippen LogP contribution in [0.15, 0.2) is 24.3 Å². The molecule has 0 heterocycles. The van der Waals surface area contributed by atoms with Crippen molar-refractivity contribution in [2.24, 2.45) is 0 Å². The van der Waals surface area contributed by atoms with Gasteiger partial charge in [0.1, 0.15) is 11.6 Å². The van der Waals surface area contributed by atoms with E-state index in [4.69, 9.17) is 30.5 Å². The summed E-state index contributed by atoms with van der Waals surface area (Å²) in [7, 11) is 4.70. The summed E-state index contributed by atoms with van der Waals surface area (Å²) in [5, 5.41) is 2.99. The van der Waals surface area contributed by atoms with Crippen molar-refractivity contribution in [3.63, 3.8) is 0 Å². The van der Waals surface area contributed by atoms with Crippen LogP contribution in [0.2, 0.25) is 0 Å². The van der Waals surface area contributed by atoms with Gasteiger partial charge < -0.3 is 24.3 Å². The molecule has 30 heavy (non-hydrogen) atoms. The topological polar surface area (TPSA) is 83.1 Å². The molecule has 0 aliphatic heterocycles. The molecule has 160 valence electrons. The lowest BCUT2D eigenvalue weighted by Crippen LogP contribution is -2.26. The average molecular weight is 436 g/mol. The zero-order valence-corrected chi connectivity index (χ0v) is 18.1. The van der Waals surface area contributed by atoms with Gasteiger partial charge in [0.25, 0.3) is 0 Å². The highest BCUT2D eigenvalue weighted by Crippen LogP contribution is 2.50. The molecule has 0 fully saturated rings. The van der Waals surface area contributed by atoms with E-state index >= 15 is 0 Å². The monoisotopic (exact) mass is 435 g/mol. The third-order valence-corrected chi connectivity index (χ3v) is 5.22. The van der Waals surface area contributed by atoms with Gasteiger partial charge in [0.2, 0.25) is 11.7 Å². The summed E-state index contributed by atoms with van der Waals surface area (Å²) in [5.74, 6) is 1.01. The molecule has 2 aromatic rings. The van der Waals surface area contributed by atoms with E-state index in [9.17, 15) is 9.59 Å². The number of alkyl halides is 1. The Morgan fingerprint density at radius 1 is 1.17 bits per heavy atom. The van der Waals surface area contributed by atoms with Gasteiger partial charge in [-0.3, -0.25) is 9.59 Å². The fraction of sp³-hybridized carbons (Fsp3) is 0.364. The van der Waals surface area contributed by atoms with E-state index in [1.165, 1.54) is 6.92 Å². The van der Waals surface area contributed by atoms with E-state index in [1.54, 1.807) is 33.5 Å². The van der Waals surface area contributed by atoms with E-state index < -0.39 is 5.97 Å². The van der Waals surface area contributed by atoms with Gasteiger partial charge in [-0.15, -0.1) is 11.6 Å². The van der Waals surface area contributed by atoms with Crippen LogP contribution in [0.4, 0.5) is 0 Å². The molecule has 1 aliphatic carbocycles. The second-order valence-corrected chi connectivity index (χ2v) is 7.10. The van der Waals surface area contributed by atoms with Gasteiger partial charge in [-0.05, 0) is 47.7 Å². The highest BCUT2D eigenvalue weighted by Gasteiger charge is 2.29.